The van der Waals surface area contributed by atoms with Gasteiger partial charge in [0.05, 0.1) is 42.4 Å². The van der Waals surface area contributed by atoms with Crippen LogP contribution in [0.15, 0.2) is 36.8 Å². The summed E-state index contributed by atoms with van der Waals surface area (Å²) in [6.45, 7) is 1.20. The van der Waals surface area contributed by atoms with Gasteiger partial charge in [-0.2, -0.15) is 5.10 Å². The molecule has 0 bridgehead atoms. The second kappa shape index (κ2) is 9.73. The molecule has 1 aliphatic heterocycles. The van der Waals surface area contributed by atoms with E-state index in [1.54, 1.807) is 31.1 Å². The van der Waals surface area contributed by atoms with Gasteiger partial charge in [0.1, 0.15) is 11.8 Å². The first-order chi connectivity index (χ1) is 18.1. The molecule has 1 aliphatic carbocycles. The number of nitrogens with zero attached hydrogens (tertiary/aromatic N) is 5. The van der Waals surface area contributed by atoms with Gasteiger partial charge >= 0.3 is 0 Å². The average Bonchev–Trinajstić information content (AvgIpc) is 3.53. The van der Waals surface area contributed by atoms with Crippen LogP contribution in [0.2, 0.25) is 0 Å². The van der Waals surface area contributed by atoms with E-state index >= 15 is 0 Å². The number of rotatable bonds is 7. The van der Waals surface area contributed by atoms with Crippen molar-refractivity contribution in [1.82, 2.24) is 29.5 Å². The van der Waals surface area contributed by atoms with Crippen molar-refractivity contribution in [2.45, 2.75) is 43.6 Å². The largest absolute Gasteiger partial charge is 0.385 e. The fourth-order valence-corrected chi connectivity index (χ4v) is 5.38. The molecule has 0 radical (unpaired) electrons. The van der Waals surface area contributed by atoms with Gasteiger partial charge in [0, 0.05) is 51.2 Å². The lowest BCUT2D eigenvalue weighted by molar-refractivity contribution is -0.0592. The van der Waals surface area contributed by atoms with Crippen molar-refractivity contribution in [3.05, 3.63) is 42.5 Å². The molecule has 194 valence electrons. The Morgan fingerprint density at radius 3 is 2.76 bits per heavy atom. The predicted octanol–water partition coefficient (Wildman–Crippen LogP) is 2.67. The van der Waals surface area contributed by atoms with Gasteiger partial charge in [-0.3, -0.25) is 4.79 Å². The number of methoxy groups -OCH3 is 2. The molecule has 4 aromatic heterocycles. The van der Waals surface area contributed by atoms with Gasteiger partial charge in [0.15, 0.2) is 11.3 Å². The predicted molar refractivity (Wildman–Crippen MR) is 138 cm³/mol. The van der Waals surface area contributed by atoms with Crippen LogP contribution in [-0.4, -0.2) is 82.8 Å². The van der Waals surface area contributed by atoms with E-state index in [9.17, 15) is 4.79 Å². The first-order valence-corrected chi connectivity index (χ1v) is 12.6. The molecule has 11 heteroatoms. The number of fused-ring (bicyclic) bond motifs is 2. The van der Waals surface area contributed by atoms with Gasteiger partial charge in [-0.05, 0) is 37.5 Å². The highest BCUT2D eigenvalue weighted by atomic mass is 16.5. The minimum Gasteiger partial charge on any atom is -0.385 e. The van der Waals surface area contributed by atoms with Gasteiger partial charge in [0.2, 0.25) is 0 Å². The third-order valence-electron chi connectivity index (χ3n) is 7.59. The number of carbonyl (C=O) groups is 1. The minimum absolute atomic E-state index is 0.00717. The van der Waals surface area contributed by atoms with Gasteiger partial charge in [0.25, 0.3) is 5.91 Å². The lowest BCUT2D eigenvalue weighted by atomic mass is 9.89. The van der Waals surface area contributed by atoms with Crippen LogP contribution in [-0.2, 0) is 14.2 Å². The molecule has 5 heterocycles. The van der Waals surface area contributed by atoms with Crippen LogP contribution in [0.1, 0.15) is 35.8 Å². The lowest BCUT2D eigenvalue weighted by Crippen LogP contribution is -2.51. The highest BCUT2D eigenvalue weighted by molar-refractivity contribution is 5.96. The van der Waals surface area contributed by atoms with E-state index in [0.717, 1.165) is 41.5 Å². The van der Waals surface area contributed by atoms with Crippen molar-refractivity contribution >= 4 is 28.3 Å². The summed E-state index contributed by atoms with van der Waals surface area (Å²) >= 11 is 0. The maximum Gasteiger partial charge on any atom is 0.271 e. The Bertz CT molecular complexity index is 1450. The molecular weight excluding hydrogens is 474 g/mol. The zero-order valence-corrected chi connectivity index (χ0v) is 21.2. The highest BCUT2D eigenvalue weighted by Crippen LogP contribution is 2.35. The molecule has 11 nitrogen and oxygen atoms in total. The van der Waals surface area contributed by atoms with Crippen LogP contribution in [0, 0.1) is 0 Å². The van der Waals surface area contributed by atoms with Crippen LogP contribution < -0.4 is 10.6 Å². The highest BCUT2D eigenvalue weighted by Gasteiger charge is 2.33. The monoisotopic (exact) mass is 505 g/mol. The van der Waals surface area contributed by atoms with Crippen LogP contribution >= 0.6 is 0 Å². The molecule has 4 aromatic rings. The number of hydrogen-bond acceptors (Lipinski definition) is 8. The Hall–Kier alpha value is -3.54. The molecule has 0 spiro atoms. The molecule has 1 saturated carbocycles. The van der Waals surface area contributed by atoms with Gasteiger partial charge in [-0.1, -0.05) is 0 Å². The molecule has 1 amide bonds. The zero-order chi connectivity index (χ0) is 25.5. The van der Waals surface area contributed by atoms with Crippen LogP contribution in [0.3, 0.4) is 0 Å². The number of amides is 1. The van der Waals surface area contributed by atoms with E-state index in [4.69, 9.17) is 24.3 Å². The van der Waals surface area contributed by atoms with E-state index < -0.39 is 0 Å². The molecule has 1 saturated heterocycles. The SMILES string of the molecule is CNc1cc(-c2cn(C3CCOC[C@@H]3OC)c3ncccc23)nn2c(C(=O)N[C@H]3CC[C@@H]3OC)cnc12. The van der Waals surface area contributed by atoms with Crippen molar-refractivity contribution in [3.8, 4) is 11.3 Å². The normalized spacial score (nSPS) is 23.8. The molecule has 4 atom stereocenters. The first-order valence-electron chi connectivity index (χ1n) is 12.6. The number of imidazole rings is 1. The Labute approximate surface area is 214 Å². The Morgan fingerprint density at radius 2 is 2.00 bits per heavy atom. The minimum atomic E-state index is -0.222. The topological polar surface area (TPSA) is 117 Å². The smallest absolute Gasteiger partial charge is 0.271 e. The number of nitrogens with one attached hydrogen (secondary N) is 2. The molecule has 6 rings (SSSR count). The summed E-state index contributed by atoms with van der Waals surface area (Å²) in [6, 6.07) is 6.01. The quantitative estimate of drug-likeness (QED) is 0.394. The molecule has 37 heavy (non-hydrogen) atoms. The third kappa shape index (κ3) is 4.03. The van der Waals surface area contributed by atoms with E-state index in [2.05, 4.69) is 26.4 Å². The number of ether oxygens (including phenoxy) is 3. The summed E-state index contributed by atoms with van der Waals surface area (Å²) in [4.78, 5) is 22.4. The number of pyridine rings is 1. The number of hydrogen-bond donors (Lipinski definition) is 2. The zero-order valence-electron chi connectivity index (χ0n) is 21.2. The third-order valence-corrected chi connectivity index (χ3v) is 7.59. The number of anilines is 1. The van der Waals surface area contributed by atoms with Crippen molar-refractivity contribution < 1.29 is 19.0 Å². The lowest BCUT2D eigenvalue weighted by Gasteiger charge is -2.35. The van der Waals surface area contributed by atoms with Crippen LogP contribution in [0.5, 0.6) is 0 Å². The van der Waals surface area contributed by atoms with E-state index in [0.29, 0.717) is 30.2 Å². The average molecular weight is 506 g/mol. The van der Waals surface area contributed by atoms with E-state index in [1.807, 2.05) is 25.2 Å². The van der Waals surface area contributed by atoms with E-state index in [1.165, 1.54) is 0 Å². The van der Waals surface area contributed by atoms with E-state index in [-0.39, 0.29) is 30.2 Å². The van der Waals surface area contributed by atoms with Crippen molar-refractivity contribution in [2.24, 2.45) is 0 Å². The Balaban J connectivity index is 1.45. The molecule has 2 N–H and O–H groups in total. The Morgan fingerprint density at radius 1 is 1.14 bits per heavy atom. The van der Waals surface area contributed by atoms with Gasteiger partial charge in [-0.25, -0.2) is 14.5 Å². The standard InChI is InChI=1S/C26H31N7O4/c1-27-19-11-18(31-33-21(12-29-25(19)33)26(34)30-17-6-7-22(17)35-2)16-13-32(24-15(16)5-4-9-28-24)20-8-10-37-14-23(20)36-3/h4-5,9,11-13,17,20,22-23,27H,6-8,10,14H2,1-3H3,(H,30,34)/t17-,20?,22-,23-/m0/s1. The van der Waals surface area contributed by atoms with Gasteiger partial charge < -0.3 is 29.4 Å². The van der Waals surface area contributed by atoms with Crippen molar-refractivity contribution in [2.75, 3.05) is 39.8 Å². The molecule has 2 aliphatic rings. The second-order valence-electron chi connectivity index (χ2n) is 9.53. The summed E-state index contributed by atoms with van der Waals surface area (Å²) in [5, 5.41) is 12.2. The van der Waals surface area contributed by atoms with Crippen LogP contribution in [0.25, 0.3) is 27.9 Å². The number of aromatic nitrogens is 5. The summed E-state index contributed by atoms with van der Waals surface area (Å²) in [5.41, 5.74) is 4.22. The maximum atomic E-state index is 13.2. The van der Waals surface area contributed by atoms with Crippen LogP contribution in [0.4, 0.5) is 5.69 Å². The maximum absolute atomic E-state index is 13.2. The molecule has 0 aromatic carbocycles. The summed E-state index contributed by atoms with van der Waals surface area (Å²) in [7, 11) is 5.22. The fraction of sp³-hybridized carbons (Fsp3) is 0.462. The second-order valence-corrected chi connectivity index (χ2v) is 9.53. The number of carbonyl (C=O) groups excluding carboxylic acids is 1. The summed E-state index contributed by atoms with van der Waals surface area (Å²) < 4.78 is 20.6. The molecule has 2 fully saturated rings. The van der Waals surface area contributed by atoms with Gasteiger partial charge in [-0.15, -0.1) is 0 Å². The molecule has 1 unspecified atom stereocenters. The molecular formula is C26H31N7O4. The summed E-state index contributed by atoms with van der Waals surface area (Å²) in [6.07, 6.45) is 8.07. The van der Waals surface area contributed by atoms with Crippen molar-refractivity contribution in [1.29, 1.82) is 0 Å². The summed E-state index contributed by atoms with van der Waals surface area (Å²) in [5.74, 6) is -0.222. The fourth-order valence-electron chi connectivity index (χ4n) is 5.38. The first kappa shape index (κ1) is 23.8. The Kier molecular flexibility index (Phi) is 6.27. The van der Waals surface area contributed by atoms with Crippen molar-refractivity contribution in [3.63, 3.8) is 0 Å².